The molecule has 0 unspecified atom stereocenters. The molecule has 0 aliphatic rings. The number of nitrogens with one attached hydrogen (secondary N) is 1. The maximum Gasteiger partial charge on any atom is 0.182 e. The highest BCUT2D eigenvalue weighted by Crippen LogP contribution is 1.82. The monoisotopic (exact) mass is 149 g/mol. The second-order valence-corrected chi connectivity index (χ2v) is 1.90. The maximum atomic E-state index is 10.7. The number of aromatic amines is 1. The Bertz CT molecular complexity index is 343. The van der Waals surface area contributed by atoms with Crippen molar-refractivity contribution in [2.75, 3.05) is 6.61 Å². The van der Waals surface area contributed by atoms with Crippen LogP contribution in [0.2, 0.25) is 0 Å². The average molecular weight is 149 g/mol. The fraction of sp³-hybridized carbons (Fsp3) is 0.125. The molecule has 1 heterocycles. The van der Waals surface area contributed by atoms with E-state index in [2.05, 4.69) is 16.8 Å². The molecule has 0 amide bonds. The van der Waals surface area contributed by atoms with Gasteiger partial charge in [-0.1, -0.05) is 5.92 Å². The van der Waals surface area contributed by atoms with Crippen LogP contribution in [0.5, 0.6) is 0 Å². The summed E-state index contributed by atoms with van der Waals surface area (Å²) in [5.74, 6) is 5.01. The van der Waals surface area contributed by atoms with Crippen LogP contribution in [0.1, 0.15) is 5.69 Å². The van der Waals surface area contributed by atoms with E-state index in [-0.39, 0.29) is 12.0 Å². The van der Waals surface area contributed by atoms with E-state index in [1.807, 2.05) is 0 Å². The van der Waals surface area contributed by atoms with Crippen molar-refractivity contribution < 1.29 is 5.11 Å². The molecule has 0 saturated heterocycles. The highest BCUT2D eigenvalue weighted by molar-refractivity contribution is 5.26. The molecule has 0 aromatic carbocycles. The minimum absolute atomic E-state index is 0.0917. The molecule has 0 bridgehead atoms. The van der Waals surface area contributed by atoms with Crippen LogP contribution in [0.3, 0.4) is 0 Å². The lowest BCUT2D eigenvalue weighted by atomic mass is 10.3. The van der Waals surface area contributed by atoms with Crippen molar-refractivity contribution in [1.29, 1.82) is 0 Å². The summed E-state index contributed by atoms with van der Waals surface area (Å²) in [6, 6.07) is 2.78. The molecule has 11 heavy (non-hydrogen) atoms. The van der Waals surface area contributed by atoms with Crippen LogP contribution in [0.4, 0.5) is 0 Å². The van der Waals surface area contributed by atoms with E-state index >= 15 is 0 Å². The lowest BCUT2D eigenvalue weighted by Gasteiger charge is -1.86. The number of aliphatic hydroxyl groups is 1. The zero-order valence-corrected chi connectivity index (χ0v) is 5.79. The topological polar surface area (TPSA) is 53.1 Å². The van der Waals surface area contributed by atoms with Crippen molar-refractivity contribution in [3.8, 4) is 11.8 Å². The first-order valence-electron chi connectivity index (χ1n) is 3.11. The zero-order chi connectivity index (χ0) is 8.10. The van der Waals surface area contributed by atoms with E-state index in [0.717, 1.165) is 0 Å². The molecule has 0 aliphatic heterocycles. The Hall–Kier alpha value is -1.53. The Labute approximate surface area is 63.7 Å². The van der Waals surface area contributed by atoms with Crippen LogP contribution < -0.4 is 5.43 Å². The van der Waals surface area contributed by atoms with Crippen molar-refractivity contribution in [3.63, 3.8) is 0 Å². The molecule has 1 aromatic rings. The van der Waals surface area contributed by atoms with E-state index in [1.54, 1.807) is 0 Å². The Balaban J connectivity index is 2.97. The second kappa shape index (κ2) is 3.59. The van der Waals surface area contributed by atoms with Gasteiger partial charge in [0, 0.05) is 18.3 Å². The minimum atomic E-state index is -0.197. The predicted octanol–water partition coefficient (Wildman–Crippen LogP) is -0.281. The molecule has 0 saturated carbocycles. The van der Waals surface area contributed by atoms with Crippen molar-refractivity contribution >= 4 is 0 Å². The number of rotatable bonds is 0. The van der Waals surface area contributed by atoms with Crippen LogP contribution in [-0.2, 0) is 0 Å². The van der Waals surface area contributed by atoms with Crippen molar-refractivity contribution in [2.45, 2.75) is 0 Å². The van der Waals surface area contributed by atoms with E-state index in [9.17, 15) is 4.79 Å². The predicted molar refractivity (Wildman–Crippen MR) is 41.0 cm³/mol. The number of hydrogen-bond acceptors (Lipinski definition) is 2. The van der Waals surface area contributed by atoms with Gasteiger partial charge in [0.05, 0.1) is 5.69 Å². The quantitative estimate of drug-likeness (QED) is 0.498. The number of hydrogen-bond donors (Lipinski definition) is 2. The molecule has 1 aromatic heterocycles. The molecule has 56 valence electrons. The van der Waals surface area contributed by atoms with Gasteiger partial charge in [-0.3, -0.25) is 4.79 Å². The Kier molecular flexibility index (Phi) is 2.47. The van der Waals surface area contributed by atoms with Gasteiger partial charge in [0.25, 0.3) is 0 Å². The number of aromatic nitrogens is 1. The number of H-pyrrole nitrogens is 1. The van der Waals surface area contributed by atoms with Gasteiger partial charge in [-0.25, -0.2) is 0 Å². The van der Waals surface area contributed by atoms with Gasteiger partial charge < -0.3 is 10.1 Å². The first-order chi connectivity index (χ1) is 5.33. The Morgan fingerprint density at radius 1 is 1.64 bits per heavy atom. The molecule has 0 spiro atoms. The summed E-state index contributed by atoms with van der Waals surface area (Å²) < 4.78 is 0. The fourth-order valence-corrected chi connectivity index (χ4v) is 0.653. The molecular formula is C8H7NO2. The maximum absolute atomic E-state index is 10.7. The van der Waals surface area contributed by atoms with Gasteiger partial charge in [-0.15, -0.1) is 0 Å². The number of pyridine rings is 1. The smallest absolute Gasteiger partial charge is 0.182 e. The number of aliphatic hydroxyl groups excluding tert-OH is 1. The van der Waals surface area contributed by atoms with Gasteiger partial charge in [-0.2, -0.15) is 0 Å². The van der Waals surface area contributed by atoms with Gasteiger partial charge >= 0.3 is 0 Å². The van der Waals surface area contributed by atoms with E-state index in [1.165, 1.54) is 18.3 Å². The molecule has 1 rings (SSSR count). The highest BCUT2D eigenvalue weighted by atomic mass is 16.2. The molecule has 0 fully saturated rings. The van der Waals surface area contributed by atoms with Crippen LogP contribution in [-0.4, -0.2) is 16.7 Å². The van der Waals surface area contributed by atoms with Crippen molar-refractivity contribution in [3.05, 3.63) is 34.2 Å². The summed E-state index contributed by atoms with van der Waals surface area (Å²) in [7, 11) is 0. The zero-order valence-electron chi connectivity index (χ0n) is 5.79. The minimum Gasteiger partial charge on any atom is -0.384 e. The van der Waals surface area contributed by atoms with E-state index < -0.39 is 0 Å². The SMILES string of the molecule is O=c1cc[nH]c(C#CCO)c1. The summed E-state index contributed by atoms with van der Waals surface area (Å²) >= 11 is 0. The second-order valence-electron chi connectivity index (χ2n) is 1.90. The van der Waals surface area contributed by atoms with Gasteiger partial charge in [0.2, 0.25) is 0 Å². The van der Waals surface area contributed by atoms with Crippen LogP contribution in [0, 0.1) is 11.8 Å². The van der Waals surface area contributed by atoms with Crippen LogP contribution >= 0.6 is 0 Å². The van der Waals surface area contributed by atoms with Crippen LogP contribution in [0.15, 0.2) is 23.1 Å². The summed E-state index contributed by atoms with van der Waals surface area (Å²) in [5.41, 5.74) is 0.428. The molecule has 2 N–H and O–H groups in total. The third kappa shape index (κ3) is 2.28. The Morgan fingerprint density at radius 2 is 2.45 bits per heavy atom. The van der Waals surface area contributed by atoms with Crippen LogP contribution in [0.25, 0.3) is 0 Å². The van der Waals surface area contributed by atoms with Gasteiger partial charge in [0.15, 0.2) is 5.43 Å². The molecule has 0 aliphatic carbocycles. The van der Waals surface area contributed by atoms with Crippen molar-refractivity contribution in [1.82, 2.24) is 4.98 Å². The van der Waals surface area contributed by atoms with E-state index in [4.69, 9.17) is 5.11 Å². The summed E-state index contributed by atoms with van der Waals surface area (Å²) in [4.78, 5) is 13.5. The normalized spacial score (nSPS) is 8.45. The molecule has 3 nitrogen and oxygen atoms in total. The molecule has 0 radical (unpaired) electrons. The summed E-state index contributed by atoms with van der Waals surface area (Å²) in [6.45, 7) is -0.197. The van der Waals surface area contributed by atoms with Gasteiger partial charge in [-0.05, 0) is 5.92 Å². The lowest BCUT2D eigenvalue weighted by molar-refractivity contribution is 0.350. The first kappa shape index (κ1) is 7.58. The van der Waals surface area contributed by atoms with Gasteiger partial charge in [0.1, 0.15) is 6.61 Å². The molecule has 3 heteroatoms. The summed E-state index contributed by atoms with van der Waals surface area (Å²) in [6.07, 6.45) is 1.52. The first-order valence-corrected chi connectivity index (χ1v) is 3.11. The van der Waals surface area contributed by atoms with E-state index in [0.29, 0.717) is 5.69 Å². The highest BCUT2D eigenvalue weighted by Gasteiger charge is 1.84. The third-order valence-electron chi connectivity index (χ3n) is 1.08. The van der Waals surface area contributed by atoms with Crippen molar-refractivity contribution in [2.24, 2.45) is 0 Å². The molecule has 0 atom stereocenters. The Morgan fingerprint density at radius 3 is 3.09 bits per heavy atom. The largest absolute Gasteiger partial charge is 0.384 e. The average Bonchev–Trinajstić information content (AvgIpc) is 2.01. The summed E-state index contributed by atoms with van der Waals surface area (Å²) in [5, 5.41) is 8.33. The molecular weight excluding hydrogens is 142 g/mol. The standard InChI is InChI=1S/C8H7NO2/c10-5-1-2-7-6-8(11)3-4-9-7/h3-4,6,10H,5H2,(H,9,11). The third-order valence-corrected chi connectivity index (χ3v) is 1.08. The lowest BCUT2D eigenvalue weighted by Crippen LogP contribution is -1.98. The fourth-order valence-electron chi connectivity index (χ4n) is 0.653.